The number of nitrogens with two attached hydrogens (primary N) is 1. The van der Waals surface area contributed by atoms with Gasteiger partial charge in [-0.25, -0.2) is 4.79 Å². The number of rotatable bonds is 4. The van der Waals surface area contributed by atoms with Crippen molar-refractivity contribution in [2.45, 2.75) is 19.4 Å². The quantitative estimate of drug-likeness (QED) is 0.823. The molecule has 1 amide bonds. The Balaban J connectivity index is 1.96. The Labute approximate surface area is 111 Å². The molecule has 1 aromatic heterocycles. The molecule has 0 radical (unpaired) electrons. The fourth-order valence-electron chi connectivity index (χ4n) is 2.31. The summed E-state index contributed by atoms with van der Waals surface area (Å²) in [5.41, 5.74) is 6.31. The van der Waals surface area contributed by atoms with Crippen LogP contribution in [0.2, 0.25) is 0 Å². The van der Waals surface area contributed by atoms with E-state index in [9.17, 15) is 9.59 Å². The summed E-state index contributed by atoms with van der Waals surface area (Å²) in [7, 11) is 0. The van der Waals surface area contributed by atoms with Crippen molar-refractivity contribution in [2.24, 2.45) is 11.7 Å². The van der Waals surface area contributed by atoms with Gasteiger partial charge in [0.15, 0.2) is 0 Å². The summed E-state index contributed by atoms with van der Waals surface area (Å²) < 4.78 is 0. The number of primary amides is 1. The second kappa shape index (κ2) is 5.79. The lowest BCUT2D eigenvalue weighted by Crippen LogP contribution is -2.40. The van der Waals surface area contributed by atoms with Crippen molar-refractivity contribution >= 4 is 11.9 Å². The molecule has 6 heteroatoms. The third kappa shape index (κ3) is 3.51. The minimum absolute atomic E-state index is 0.0907. The maximum Gasteiger partial charge on any atom is 0.337 e. The Morgan fingerprint density at radius 3 is 2.84 bits per heavy atom. The zero-order valence-electron chi connectivity index (χ0n) is 10.6. The van der Waals surface area contributed by atoms with Gasteiger partial charge in [-0.1, -0.05) is 0 Å². The largest absolute Gasteiger partial charge is 0.478 e. The van der Waals surface area contributed by atoms with Gasteiger partial charge >= 0.3 is 5.97 Å². The van der Waals surface area contributed by atoms with Gasteiger partial charge in [0.1, 0.15) is 0 Å². The van der Waals surface area contributed by atoms with Crippen molar-refractivity contribution in [1.82, 2.24) is 9.88 Å². The van der Waals surface area contributed by atoms with Crippen molar-refractivity contribution in [2.75, 3.05) is 13.1 Å². The molecule has 6 nitrogen and oxygen atoms in total. The maximum atomic E-state index is 11.2. The Morgan fingerprint density at radius 1 is 1.47 bits per heavy atom. The van der Waals surface area contributed by atoms with Crippen LogP contribution in [-0.2, 0) is 11.3 Å². The van der Waals surface area contributed by atoms with Gasteiger partial charge in [0.05, 0.1) is 17.2 Å². The number of piperidine rings is 1. The molecular weight excluding hydrogens is 246 g/mol. The topological polar surface area (TPSA) is 96.5 Å². The fraction of sp³-hybridized carbons (Fsp3) is 0.462. The van der Waals surface area contributed by atoms with Gasteiger partial charge in [-0.15, -0.1) is 0 Å². The van der Waals surface area contributed by atoms with Crippen LogP contribution in [0.1, 0.15) is 28.9 Å². The highest BCUT2D eigenvalue weighted by atomic mass is 16.4. The summed E-state index contributed by atoms with van der Waals surface area (Å²) in [6.45, 7) is 2.17. The fourth-order valence-corrected chi connectivity index (χ4v) is 2.31. The Bertz CT molecular complexity index is 473. The van der Waals surface area contributed by atoms with Gasteiger partial charge in [0, 0.05) is 19.3 Å². The summed E-state index contributed by atoms with van der Waals surface area (Å²) in [6.07, 6.45) is 3.14. The van der Waals surface area contributed by atoms with E-state index in [0.29, 0.717) is 13.1 Å². The molecule has 1 aliphatic heterocycles. The Morgan fingerprint density at radius 2 is 2.26 bits per heavy atom. The third-order valence-corrected chi connectivity index (χ3v) is 3.37. The minimum Gasteiger partial charge on any atom is -0.478 e. The molecule has 1 unspecified atom stereocenters. The standard InChI is InChI=1S/C13H17N3O3/c14-12(17)10-2-1-5-16(7-10)8-11-4-3-9(6-15-11)13(18)19/h3-4,6,10H,1-2,5,7-8H2,(H2,14,17)(H,18,19). The predicted octanol–water partition coefficient (Wildman–Crippen LogP) is 0.477. The number of aromatic nitrogens is 1. The molecule has 2 rings (SSSR count). The highest BCUT2D eigenvalue weighted by Gasteiger charge is 2.24. The first kappa shape index (κ1) is 13.5. The minimum atomic E-state index is -0.981. The molecule has 1 aliphatic rings. The molecule has 0 bridgehead atoms. The summed E-state index contributed by atoms with van der Waals surface area (Å²) in [5.74, 6) is -1.32. The van der Waals surface area contributed by atoms with Crippen LogP contribution in [0.5, 0.6) is 0 Å². The van der Waals surface area contributed by atoms with Crippen molar-refractivity contribution in [1.29, 1.82) is 0 Å². The number of carbonyl (C=O) groups is 2. The van der Waals surface area contributed by atoms with Crippen molar-refractivity contribution in [3.63, 3.8) is 0 Å². The van der Waals surface area contributed by atoms with Gasteiger partial charge in [-0.2, -0.15) is 0 Å². The number of likely N-dealkylation sites (tertiary alicyclic amines) is 1. The Kier molecular flexibility index (Phi) is 4.11. The number of hydrogen-bond donors (Lipinski definition) is 2. The van der Waals surface area contributed by atoms with Gasteiger partial charge in [0.25, 0.3) is 0 Å². The van der Waals surface area contributed by atoms with Crippen LogP contribution in [0.4, 0.5) is 0 Å². The second-order valence-corrected chi connectivity index (χ2v) is 4.82. The molecule has 1 aromatic rings. The van der Waals surface area contributed by atoms with Crippen molar-refractivity contribution in [3.05, 3.63) is 29.6 Å². The van der Waals surface area contributed by atoms with Gasteiger partial charge in [0.2, 0.25) is 5.91 Å². The number of aromatic carboxylic acids is 1. The van der Waals surface area contributed by atoms with Crippen LogP contribution in [0.3, 0.4) is 0 Å². The van der Waals surface area contributed by atoms with E-state index in [1.807, 2.05) is 0 Å². The van der Waals surface area contributed by atoms with E-state index in [4.69, 9.17) is 10.8 Å². The first-order chi connectivity index (χ1) is 9.06. The Hall–Kier alpha value is -1.95. The summed E-state index contributed by atoms with van der Waals surface area (Å²) >= 11 is 0. The highest BCUT2D eigenvalue weighted by Crippen LogP contribution is 2.17. The molecule has 3 N–H and O–H groups in total. The number of carbonyl (C=O) groups excluding carboxylic acids is 1. The van der Waals surface area contributed by atoms with Gasteiger partial charge in [-0.05, 0) is 31.5 Å². The SMILES string of the molecule is NC(=O)C1CCCN(Cc2ccc(C(=O)O)cn2)C1. The highest BCUT2D eigenvalue weighted by molar-refractivity contribution is 5.87. The number of amides is 1. The van der Waals surface area contributed by atoms with E-state index in [1.165, 1.54) is 6.20 Å². The summed E-state index contributed by atoms with van der Waals surface area (Å²) in [6, 6.07) is 3.25. The average Bonchev–Trinajstić information content (AvgIpc) is 2.39. The van der Waals surface area contributed by atoms with Gasteiger partial charge in [-0.3, -0.25) is 14.7 Å². The van der Waals surface area contributed by atoms with Crippen LogP contribution in [0.25, 0.3) is 0 Å². The van der Waals surface area contributed by atoms with Crippen LogP contribution in [0.15, 0.2) is 18.3 Å². The zero-order chi connectivity index (χ0) is 13.8. The van der Waals surface area contributed by atoms with E-state index in [2.05, 4.69) is 9.88 Å². The van der Waals surface area contributed by atoms with E-state index >= 15 is 0 Å². The lowest BCUT2D eigenvalue weighted by atomic mass is 9.97. The molecule has 0 aliphatic carbocycles. The molecule has 0 spiro atoms. The number of hydrogen-bond acceptors (Lipinski definition) is 4. The lowest BCUT2D eigenvalue weighted by molar-refractivity contribution is -0.123. The summed E-state index contributed by atoms with van der Waals surface area (Å²) in [4.78, 5) is 28.2. The second-order valence-electron chi connectivity index (χ2n) is 4.82. The number of carboxylic acids is 1. The first-order valence-corrected chi connectivity index (χ1v) is 6.26. The average molecular weight is 263 g/mol. The number of nitrogens with zero attached hydrogens (tertiary/aromatic N) is 2. The number of pyridine rings is 1. The van der Waals surface area contributed by atoms with E-state index in [-0.39, 0.29) is 17.4 Å². The lowest BCUT2D eigenvalue weighted by Gasteiger charge is -2.30. The first-order valence-electron chi connectivity index (χ1n) is 6.26. The van der Waals surface area contributed by atoms with E-state index in [0.717, 1.165) is 25.1 Å². The molecule has 0 aromatic carbocycles. The van der Waals surface area contributed by atoms with Crippen LogP contribution in [-0.4, -0.2) is 40.0 Å². The molecule has 1 atom stereocenters. The normalized spacial score (nSPS) is 20.1. The maximum absolute atomic E-state index is 11.2. The zero-order valence-corrected chi connectivity index (χ0v) is 10.6. The van der Waals surface area contributed by atoms with Crippen molar-refractivity contribution < 1.29 is 14.7 Å². The summed E-state index contributed by atoms with van der Waals surface area (Å²) in [5, 5.41) is 8.79. The smallest absolute Gasteiger partial charge is 0.337 e. The van der Waals surface area contributed by atoms with E-state index in [1.54, 1.807) is 12.1 Å². The molecule has 0 saturated carbocycles. The number of carboxylic acid groups (broad SMARTS) is 1. The molecule has 102 valence electrons. The van der Waals surface area contributed by atoms with Crippen LogP contribution < -0.4 is 5.73 Å². The molecule has 1 saturated heterocycles. The van der Waals surface area contributed by atoms with Gasteiger partial charge < -0.3 is 10.8 Å². The molecule has 1 fully saturated rings. The monoisotopic (exact) mass is 263 g/mol. The van der Waals surface area contributed by atoms with Crippen LogP contribution in [0, 0.1) is 5.92 Å². The van der Waals surface area contributed by atoms with Crippen molar-refractivity contribution in [3.8, 4) is 0 Å². The predicted molar refractivity (Wildman–Crippen MR) is 68.4 cm³/mol. The molecular formula is C13H17N3O3. The van der Waals surface area contributed by atoms with E-state index < -0.39 is 5.97 Å². The molecule has 2 heterocycles. The van der Waals surface area contributed by atoms with Crippen LogP contribution >= 0.6 is 0 Å². The third-order valence-electron chi connectivity index (χ3n) is 3.37. The molecule has 19 heavy (non-hydrogen) atoms.